The van der Waals surface area contributed by atoms with Crippen LogP contribution in [0.2, 0.25) is 0 Å². The third-order valence-electron chi connectivity index (χ3n) is 7.74. The average molecular weight is 350 g/mol. The largest absolute Gasteiger partial charge is 0.481 e. The molecule has 3 fully saturated rings. The van der Waals surface area contributed by atoms with E-state index in [2.05, 4.69) is 6.58 Å². The number of hydrogen-bond acceptors (Lipinski definition) is 4. The summed E-state index contributed by atoms with van der Waals surface area (Å²) >= 11 is 0. The molecular weight excluding hydrogens is 320 g/mol. The molecule has 3 N–H and O–H groups in total. The molecule has 0 saturated heterocycles. The summed E-state index contributed by atoms with van der Waals surface area (Å²) in [5, 5.41) is 29.8. The van der Waals surface area contributed by atoms with Gasteiger partial charge in [0.2, 0.25) is 0 Å². The number of hydrogen-bond donors (Lipinski definition) is 3. The van der Waals surface area contributed by atoms with Gasteiger partial charge in [0.15, 0.2) is 5.78 Å². The number of carboxylic acids is 1. The molecule has 0 heterocycles. The molecule has 0 aromatic rings. The summed E-state index contributed by atoms with van der Waals surface area (Å²) < 4.78 is 0. The Labute approximate surface area is 149 Å². The lowest BCUT2D eigenvalue weighted by Gasteiger charge is -2.60. The van der Waals surface area contributed by atoms with Crippen LogP contribution in [0.25, 0.3) is 0 Å². The Kier molecular flexibility index (Phi) is 4.40. The lowest BCUT2D eigenvalue weighted by molar-refractivity contribution is -0.177. The molecule has 5 nitrogen and oxygen atoms in total. The minimum Gasteiger partial charge on any atom is -0.481 e. The van der Waals surface area contributed by atoms with Crippen LogP contribution in [-0.4, -0.2) is 39.3 Å². The lowest BCUT2D eigenvalue weighted by Crippen LogP contribution is -2.59. The highest BCUT2D eigenvalue weighted by Crippen LogP contribution is 2.68. The van der Waals surface area contributed by atoms with Crippen LogP contribution in [0.4, 0.5) is 0 Å². The van der Waals surface area contributed by atoms with E-state index in [1.807, 2.05) is 6.92 Å². The fourth-order valence-electron chi connectivity index (χ4n) is 6.56. The molecule has 5 heteroatoms. The Morgan fingerprint density at radius 3 is 2.64 bits per heavy atom. The zero-order chi connectivity index (χ0) is 18.6. The first-order chi connectivity index (χ1) is 11.6. The van der Waals surface area contributed by atoms with E-state index in [1.165, 1.54) is 0 Å². The van der Waals surface area contributed by atoms with E-state index in [1.54, 1.807) is 6.92 Å². The number of carbonyl (C=O) groups excluding carboxylic acids is 1. The van der Waals surface area contributed by atoms with Crippen molar-refractivity contribution in [3.8, 4) is 0 Å². The lowest BCUT2D eigenvalue weighted by atomic mass is 9.44. The second-order valence-corrected chi connectivity index (χ2v) is 9.05. The van der Waals surface area contributed by atoms with Gasteiger partial charge in [-0.15, -0.1) is 0 Å². The van der Waals surface area contributed by atoms with Gasteiger partial charge in [-0.2, -0.15) is 0 Å². The summed E-state index contributed by atoms with van der Waals surface area (Å²) in [6, 6.07) is 0. The Balaban J connectivity index is 2.04. The van der Waals surface area contributed by atoms with Crippen molar-refractivity contribution in [3.63, 3.8) is 0 Å². The maximum absolute atomic E-state index is 13.1. The van der Waals surface area contributed by atoms with Crippen molar-refractivity contribution in [1.29, 1.82) is 0 Å². The highest BCUT2D eigenvalue weighted by Gasteiger charge is 2.66. The molecule has 1 unspecified atom stereocenters. The number of fused-ring (bicyclic) bond motifs is 1. The maximum atomic E-state index is 13.1. The van der Waals surface area contributed by atoms with Gasteiger partial charge in [0.05, 0.1) is 12.2 Å². The van der Waals surface area contributed by atoms with Crippen molar-refractivity contribution in [2.24, 2.45) is 28.6 Å². The quantitative estimate of drug-likeness (QED) is 0.662. The van der Waals surface area contributed by atoms with Gasteiger partial charge in [0.1, 0.15) is 0 Å². The second-order valence-electron chi connectivity index (χ2n) is 9.05. The van der Waals surface area contributed by atoms with Gasteiger partial charge in [-0.3, -0.25) is 9.59 Å². The number of aliphatic hydroxyl groups excluding tert-OH is 1. The number of aliphatic hydroxyl groups is 2. The molecule has 3 aliphatic carbocycles. The minimum atomic E-state index is -1.27. The molecule has 1 spiro atoms. The predicted molar refractivity (Wildman–Crippen MR) is 92.8 cm³/mol. The molecular formula is C20H30O5. The number of ketones is 1. The summed E-state index contributed by atoms with van der Waals surface area (Å²) in [6.07, 6.45) is 4.37. The van der Waals surface area contributed by atoms with E-state index in [9.17, 15) is 24.9 Å². The zero-order valence-corrected chi connectivity index (χ0v) is 15.3. The first-order valence-corrected chi connectivity index (χ1v) is 9.37. The number of aliphatic carboxylic acids is 1. The van der Waals surface area contributed by atoms with Crippen molar-refractivity contribution in [2.45, 2.75) is 64.4 Å². The van der Waals surface area contributed by atoms with Gasteiger partial charge < -0.3 is 15.3 Å². The topological polar surface area (TPSA) is 94.8 Å². The SMILES string of the molecule is C=C1C(=O)[C@@]23CC[C@H](C(C)(O)CO)[C@@](C)(CCC(=O)O)[C@@H]2CC[C@H]1C3. The summed E-state index contributed by atoms with van der Waals surface area (Å²) in [4.78, 5) is 24.3. The third-order valence-corrected chi connectivity index (χ3v) is 7.74. The molecule has 140 valence electrons. The van der Waals surface area contributed by atoms with Crippen molar-refractivity contribution >= 4 is 11.8 Å². The van der Waals surface area contributed by atoms with E-state index >= 15 is 0 Å². The van der Waals surface area contributed by atoms with Crippen LogP contribution in [0.5, 0.6) is 0 Å². The van der Waals surface area contributed by atoms with Gasteiger partial charge in [0, 0.05) is 11.8 Å². The average Bonchev–Trinajstić information content (AvgIpc) is 2.74. The Morgan fingerprint density at radius 1 is 1.36 bits per heavy atom. The first kappa shape index (κ1) is 18.6. The van der Waals surface area contributed by atoms with Crippen molar-refractivity contribution in [3.05, 3.63) is 12.2 Å². The monoisotopic (exact) mass is 350 g/mol. The van der Waals surface area contributed by atoms with Gasteiger partial charge in [-0.1, -0.05) is 13.5 Å². The summed E-state index contributed by atoms with van der Waals surface area (Å²) in [6.45, 7) is 7.35. The number of rotatable bonds is 5. The number of allylic oxidation sites excluding steroid dienone is 1. The number of Topliss-reactive ketones (excluding diaryl/α,β-unsaturated/α-hetero) is 1. The summed E-state index contributed by atoms with van der Waals surface area (Å²) in [5.74, 6) is -0.609. The van der Waals surface area contributed by atoms with Gasteiger partial charge in [-0.25, -0.2) is 0 Å². The van der Waals surface area contributed by atoms with Crippen LogP contribution < -0.4 is 0 Å². The summed E-state index contributed by atoms with van der Waals surface area (Å²) in [7, 11) is 0. The maximum Gasteiger partial charge on any atom is 0.303 e. The standard InChI is InChI=1S/C20H30O5/c1-12-13-4-5-15-18(2,8-7-16(22)23)14(19(3,25)11-21)6-9-20(15,10-13)17(12)24/h13-15,21,25H,1,4-11H2,2-3H3,(H,22,23)/t13-,14-,15-,18+,19?,20+/m0/s1. The van der Waals surface area contributed by atoms with Crippen molar-refractivity contribution in [2.75, 3.05) is 6.61 Å². The molecule has 6 atom stereocenters. The third kappa shape index (κ3) is 2.58. The molecule has 0 aromatic carbocycles. The Morgan fingerprint density at radius 2 is 2.04 bits per heavy atom. The number of carbonyl (C=O) groups is 2. The van der Waals surface area contributed by atoms with E-state index < -0.39 is 22.4 Å². The van der Waals surface area contributed by atoms with Crippen LogP contribution in [0, 0.1) is 28.6 Å². The van der Waals surface area contributed by atoms with Gasteiger partial charge in [0.25, 0.3) is 0 Å². The van der Waals surface area contributed by atoms with Crippen LogP contribution in [0.1, 0.15) is 58.8 Å². The van der Waals surface area contributed by atoms with E-state index in [0.717, 1.165) is 24.8 Å². The zero-order valence-electron chi connectivity index (χ0n) is 15.3. The van der Waals surface area contributed by atoms with Gasteiger partial charge >= 0.3 is 5.97 Å². The molecule has 0 aromatic heterocycles. The molecule has 3 aliphatic rings. The van der Waals surface area contributed by atoms with Crippen LogP contribution in [0.3, 0.4) is 0 Å². The Bertz CT molecular complexity index is 609. The van der Waals surface area contributed by atoms with Crippen molar-refractivity contribution < 1.29 is 24.9 Å². The minimum absolute atomic E-state index is 0.0135. The molecule has 0 radical (unpaired) electrons. The van der Waals surface area contributed by atoms with Crippen LogP contribution in [-0.2, 0) is 9.59 Å². The fourth-order valence-corrected chi connectivity index (χ4v) is 6.56. The number of carboxylic acid groups (broad SMARTS) is 1. The second kappa shape index (κ2) is 5.92. The predicted octanol–water partition coefficient (Wildman–Crippen LogP) is 2.55. The fraction of sp³-hybridized carbons (Fsp3) is 0.800. The molecule has 25 heavy (non-hydrogen) atoms. The highest BCUT2D eigenvalue weighted by atomic mass is 16.4. The summed E-state index contributed by atoms with van der Waals surface area (Å²) in [5.41, 5.74) is -1.45. The molecule has 0 aliphatic heterocycles. The smallest absolute Gasteiger partial charge is 0.303 e. The molecule has 3 rings (SSSR count). The molecule has 2 bridgehead atoms. The normalized spacial score (nSPS) is 42.8. The first-order valence-electron chi connectivity index (χ1n) is 9.37. The van der Waals surface area contributed by atoms with Gasteiger partial charge in [-0.05, 0) is 74.2 Å². The molecule has 0 amide bonds. The molecule has 3 saturated carbocycles. The van der Waals surface area contributed by atoms with Crippen LogP contribution in [0.15, 0.2) is 12.2 Å². The van der Waals surface area contributed by atoms with E-state index in [-0.39, 0.29) is 36.6 Å². The van der Waals surface area contributed by atoms with Crippen LogP contribution >= 0.6 is 0 Å². The Hall–Kier alpha value is -1.20. The van der Waals surface area contributed by atoms with E-state index in [0.29, 0.717) is 19.3 Å². The van der Waals surface area contributed by atoms with Crippen molar-refractivity contribution in [1.82, 2.24) is 0 Å². The van der Waals surface area contributed by atoms with E-state index in [4.69, 9.17) is 0 Å². The highest BCUT2D eigenvalue weighted by molar-refractivity contribution is 6.03.